The van der Waals surface area contributed by atoms with Crippen molar-refractivity contribution in [1.29, 1.82) is 0 Å². The van der Waals surface area contributed by atoms with Crippen LogP contribution in [0.2, 0.25) is 0 Å². The van der Waals surface area contributed by atoms with Crippen molar-refractivity contribution in [3.63, 3.8) is 0 Å². The molecule has 0 radical (unpaired) electrons. The lowest BCUT2D eigenvalue weighted by Gasteiger charge is -2.17. The maximum atomic E-state index is 11.9. The Bertz CT molecular complexity index is 396. The highest BCUT2D eigenvalue weighted by Crippen LogP contribution is 2.16. The zero-order chi connectivity index (χ0) is 13.0. The van der Waals surface area contributed by atoms with Gasteiger partial charge in [-0.05, 0) is 44.5 Å². The first-order valence-electron chi connectivity index (χ1n) is 6.54. The second kappa shape index (κ2) is 5.87. The highest BCUT2D eigenvalue weighted by Gasteiger charge is 2.17. The molecular weight excluding hydrogens is 226 g/mol. The van der Waals surface area contributed by atoms with Gasteiger partial charge in [0.2, 0.25) is 0 Å². The third kappa shape index (κ3) is 3.01. The minimum absolute atomic E-state index is 0.0157. The van der Waals surface area contributed by atoms with Gasteiger partial charge in [-0.25, -0.2) is 4.79 Å². The molecule has 1 aromatic rings. The molecule has 2 amide bonds. The molecule has 1 aliphatic heterocycles. The average molecular weight is 247 g/mol. The van der Waals surface area contributed by atoms with Crippen LogP contribution < -0.4 is 10.6 Å². The molecule has 0 aliphatic carbocycles. The summed E-state index contributed by atoms with van der Waals surface area (Å²) in [6.07, 6.45) is 2.23. The predicted octanol–water partition coefficient (Wildman–Crippen LogP) is 2.59. The number of benzene rings is 1. The van der Waals surface area contributed by atoms with Gasteiger partial charge in [-0.2, -0.15) is 0 Å². The molecule has 2 N–H and O–H groups in total. The number of carbonyl (C=O) groups excluding carboxylic acids is 1. The van der Waals surface area contributed by atoms with E-state index in [1.54, 1.807) is 0 Å². The normalized spacial score (nSPS) is 16.7. The van der Waals surface area contributed by atoms with Crippen LogP contribution in [0.3, 0.4) is 0 Å². The minimum atomic E-state index is 0.0157. The van der Waals surface area contributed by atoms with Crippen molar-refractivity contribution in [2.75, 3.05) is 25.5 Å². The summed E-state index contributed by atoms with van der Waals surface area (Å²) >= 11 is 0. The fourth-order valence-electron chi connectivity index (χ4n) is 2.14. The lowest BCUT2D eigenvalue weighted by atomic mass is 10.1. The molecule has 4 nitrogen and oxygen atoms in total. The molecule has 0 bridgehead atoms. The molecule has 1 fully saturated rings. The Hall–Kier alpha value is -1.55. The second-order valence-electron chi connectivity index (χ2n) is 4.76. The number of carbonyl (C=O) groups is 1. The van der Waals surface area contributed by atoms with E-state index in [0.29, 0.717) is 6.04 Å². The Balaban J connectivity index is 1.95. The average Bonchev–Trinajstić information content (AvgIpc) is 2.92. The molecule has 0 spiro atoms. The molecule has 4 heteroatoms. The van der Waals surface area contributed by atoms with Crippen LogP contribution in [0.5, 0.6) is 0 Å². The molecule has 1 saturated heterocycles. The van der Waals surface area contributed by atoms with Gasteiger partial charge < -0.3 is 15.5 Å². The lowest BCUT2D eigenvalue weighted by Crippen LogP contribution is -2.32. The first kappa shape index (κ1) is 12.9. The van der Waals surface area contributed by atoms with Gasteiger partial charge in [-0.15, -0.1) is 0 Å². The number of rotatable bonds is 3. The maximum absolute atomic E-state index is 11.9. The number of hydrogen-bond donors (Lipinski definition) is 2. The van der Waals surface area contributed by atoms with Crippen molar-refractivity contribution in [3.05, 3.63) is 29.8 Å². The number of nitrogens with zero attached hydrogens (tertiary/aromatic N) is 1. The van der Waals surface area contributed by atoms with Crippen molar-refractivity contribution in [1.82, 2.24) is 10.2 Å². The first-order chi connectivity index (χ1) is 8.70. The van der Waals surface area contributed by atoms with Crippen LogP contribution >= 0.6 is 0 Å². The van der Waals surface area contributed by atoms with Crippen LogP contribution in [-0.4, -0.2) is 31.1 Å². The van der Waals surface area contributed by atoms with Crippen molar-refractivity contribution < 1.29 is 4.79 Å². The standard InChI is InChI=1S/C14H21N3O/c1-11(15-2)12-5-7-13(8-6-12)16-14(18)17-9-3-4-10-17/h5-8,11,15H,3-4,9-10H2,1-2H3,(H,16,18). The van der Waals surface area contributed by atoms with Crippen LogP contribution in [0.4, 0.5) is 10.5 Å². The van der Waals surface area contributed by atoms with E-state index in [4.69, 9.17) is 0 Å². The fraction of sp³-hybridized carbons (Fsp3) is 0.500. The predicted molar refractivity (Wildman–Crippen MR) is 73.7 cm³/mol. The van der Waals surface area contributed by atoms with Crippen LogP contribution in [0, 0.1) is 0 Å². The number of nitrogens with one attached hydrogen (secondary N) is 2. The number of urea groups is 1. The zero-order valence-electron chi connectivity index (χ0n) is 11.1. The van der Waals surface area contributed by atoms with Crippen LogP contribution in [0.15, 0.2) is 24.3 Å². The van der Waals surface area contributed by atoms with Crippen molar-refractivity contribution in [3.8, 4) is 0 Å². The highest BCUT2D eigenvalue weighted by molar-refractivity contribution is 5.89. The third-order valence-corrected chi connectivity index (χ3v) is 3.49. The van der Waals surface area contributed by atoms with Gasteiger partial charge >= 0.3 is 6.03 Å². The molecule has 1 aliphatic rings. The van der Waals surface area contributed by atoms with E-state index in [-0.39, 0.29) is 6.03 Å². The smallest absolute Gasteiger partial charge is 0.321 e. The quantitative estimate of drug-likeness (QED) is 0.862. The van der Waals surface area contributed by atoms with E-state index in [1.807, 2.05) is 36.2 Å². The molecule has 1 unspecified atom stereocenters. The van der Waals surface area contributed by atoms with E-state index in [0.717, 1.165) is 31.6 Å². The Morgan fingerprint density at radius 3 is 2.39 bits per heavy atom. The molecule has 1 heterocycles. The second-order valence-corrected chi connectivity index (χ2v) is 4.76. The van der Waals surface area contributed by atoms with Gasteiger partial charge in [0, 0.05) is 24.8 Å². The molecule has 0 saturated carbocycles. The van der Waals surface area contributed by atoms with E-state index in [9.17, 15) is 4.79 Å². The summed E-state index contributed by atoms with van der Waals surface area (Å²) in [4.78, 5) is 13.8. The third-order valence-electron chi connectivity index (χ3n) is 3.49. The van der Waals surface area contributed by atoms with Crippen LogP contribution in [0.1, 0.15) is 31.4 Å². The van der Waals surface area contributed by atoms with Gasteiger partial charge in [0.05, 0.1) is 0 Å². The molecule has 2 rings (SSSR count). The van der Waals surface area contributed by atoms with Gasteiger partial charge in [-0.3, -0.25) is 0 Å². The zero-order valence-corrected chi connectivity index (χ0v) is 11.1. The summed E-state index contributed by atoms with van der Waals surface area (Å²) in [5.41, 5.74) is 2.08. The summed E-state index contributed by atoms with van der Waals surface area (Å²) in [5, 5.41) is 6.13. The summed E-state index contributed by atoms with van der Waals surface area (Å²) in [7, 11) is 1.94. The molecule has 18 heavy (non-hydrogen) atoms. The van der Waals surface area contributed by atoms with E-state index in [2.05, 4.69) is 17.6 Å². The van der Waals surface area contributed by atoms with Gasteiger partial charge in [0.1, 0.15) is 0 Å². The Labute approximate surface area is 108 Å². The van der Waals surface area contributed by atoms with Gasteiger partial charge in [0.25, 0.3) is 0 Å². The van der Waals surface area contributed by atoms with Crippen molar-refractivity contribution in [2.24, 2.45) is 0 Å². The highest BCUT2D eigenvalue weighted by atomic mass is 16.2. The Morgan fingerprint density at radius 1 is 1.22 bits per heavy atom. The molecule has 98 valence electrons. The number of hydrogen-bond acceptors (Lipinski definition) is 2. The van der Waals surface area contributed by atoms with Crippen molar-refractivity contribution in [2.45, 2.75) is 25.8 Å². The van der Waals surface area contributed by atoms with E-state index >= 15 is 0 Å². The number of anilines is 1. The van der Waals surface area contributed by atoms with Crippen LogP contribution in [0.25, 0.3) is 0 Å². The maximum Gasteiger partial charge on any atom is 0.321 e. The lowest BCUT2D eigenvalue weighted by molar-refractivity contribution is 0.222. The topological polar surface area (TPSA) is 44.4 Å². The van der Waals surface area contributed by atoms with E-state index < -0.39 is 0 Å². The summed E-state index contributed by atoms with van der Waals surface area (Å²) in [5.74, 6) is 0. The Kier molecular flexibility index (Phi) is 4.20. The fourth-order valence-corrected chi connectivity index (χ4v) is 2.14. The summed E-state index contributed by atoms with van der Waals surface area (Å²) in [6, 6.07) is 8.34. The molecule has 1 atom stereocenters. The monoisotopic (exact) mass is 247 g/mol. The first-order valence-corrected chi connectivity index (χ1v) is 6.54. The largest absolute Gasteiger partial charge is 0.325 e. The summed E-state index contributed by atoms with van der Waals surface area (Å²) in [6.45, 7) is 3.86. The number of likely N-dealkylation sites (tertiary alicyclic amines) is 1. The minimum Gasteiger partial charge on any atom is -0.325 e. The van der Waals surface area contributed by atoms with E-state index in [1.165, 1.54) is 5.56 Å². The molecule has 0 aromatic heterocycles. The SMILES string of the molecule is CNC(C)c1ccc(NC(=O)N2CCCC2)cc1. The molecule has 1 aromatic carbocycles. The van der Waals surface area contributed by atoms with Gasteiger partial charge in [-0.1, -0.05) is 12.1 Å². The summed E-state index contributed by atoms with van der Waals surface area (Å²) < 4.78 is 0. The Morgan fingerprint density at radius 2 is 1.83 bits per heavy atom. The van der Waals surface area contributed by atoms with Crippen LogP contribution in [-0.2, 0) is 0 Å². The van der Waals surface area contributed by atoms with Gasteiger partial charge in [0.15, 0.2) is 0 Å². The van der Waals surface area contributed by atoms with Crippen molar-refractivity contribution >= 4 is 11.7 Å². The molecular formula is C14H21N3O. The number of amides is 2.